The van der Waals surface area contributed by atoms with Gasteiger partial charge >= 0.3 is 0 Å². The van der Waals surface area contributed by atoms with Gasteiger partial charge in [-0.1, -0.05) is 19.1 Å². The molecule has 29 heavy (non-hydrogen) atoms. The predicted molar refractivity (Wildman–Crippen MR) is 132 cm³/mol. The van der Waals surface area contributed by atoms with Crippen molar-refractivity contribution in [2.45, 2.75) is 65.1 Å². The van der Waals surface area contributed by atoms with Crippen LogP contribution in [0.4, 0.5) is 0 Å². The Morgan fingerprint density at radius 2 is 1.93 bits per heavy atom. The van der Waals surface area contributed by atoms with Crippen LogP contribution in [0.15, 0.2) is 29.3 Å². The Kier molecular flexibility index (Phi) is 11.0. The summed E-state index contributed by atoms with van der Waals surface area (Å²) < 4.78 is 0. The van der Waals surface area contributed by atoms with Crippen molar-refractivity contribution in [1.82, 2.24) is 20.9 Å². The van der Waals surface area contributed by atoms with Gasteiger partial charge in [-0.25, -0.2) is 0 Å². The maximum absolute atomic E-state index is 12.4. The topological polar surface area (TPSA) is 68.8 Å². The van der Waals surface area contributed by atoms with Crippen LogP contribution in [0.5, 0.6) is 0 Å². The molecule has 164 valence electrons. The molecule has 1 heterocycles. The fraction of sp³-hybridized carbons (Fsp3) is 0.636. The molecule has 0 aromatic heterocycles. The molecule has 0 atom stereocenters. The van der Waals surface area contributed by atoms with Crippen molar-refractivity contribution in [3.8, 4) is 0 Å². The summed E-state index contributed by atoms with van der Waals surface area (Å²) in [6, 6.07) is 8.20. The highest BCUT2D eigenvalue weighted by Crippen LogP contribution is 2.11. The molecule has 7 heteroatoms. The smallest absolute Gasteiger partial charge is 0.251 e. The first-order valence-electron chi connectivity index (χ1n) is 10.4. The van der Waals surface area contributed by atoms with Gasteiger partial charge in [0, 0.05) is 43.8 Å². The third kappa shape index (κ3) is 9.33. The Labute approximate surface area is 193 Å². The number of halogens is 1. The monoisotopic (exact) mass is 515 g/mol. The summed E-state index contributed by atoms with van der Waals surface area (Å²) in [6.07, 6.45) is 3.50. The molecule has 6 nitrogen and oxygen atoms in total. The lowest BCUT2D eigenvalue weighted by Gasteiger charge is -2.32. The van der Waals surface area contributed by atoms with Crippen molar-refractivity contribution < 1.29 is 4.79 Å². The second kappa shape index (κ2) is 12.4. The molecule has 0 unspecified atom stereocenters. The van der Waals surface area contributed by atoms with Crippen LogP contribution in [-0.4, -0.2) is 55.0 Å². The number of aliphatic imine (C=N–C) groups is 1. The molecule has 0 saturated carbocycles. The van der Waals surface area contributed by atoms with Crippen LogP contribution in [0.1, 0.15) is 62.9 Å². The number of carbonyl (C=O) groups is 1. The van der Waals surface area contributed by atoms with Crippen molar-refractivity contribution in [3.63, 3.8) is 0 Å². The zero-order chi connectivity index (χ0) is 20.6. The Morgan fingerprint density at radius 1 is 1.24 bits per heavy atom. The summed E-state index contributed by atoms with van der Waals surface area (Å²) in [7, 11) is 1.80. The fourth-order valence-electron chi connectivity index (χ4n) is 3.43. The van der Waals surface area contributed by atoms with Crippen molar-refractivity contribution in [2.75, 3.05) is 26.7 Å². The Morgan fingerprint density at radius 3 is 2.52 bits per heavy atom. The summed E-state index contributed by atoms with van der Waals surface area (Å²) in [5.41, 5.74) is 1.49. The second-order valence-corrected chi connectivity index (χ2v) is 8.59. The first-order valence-corrected chi connectivity index (χ1v) is 10.4. The van der Waals surface area contributed by atoms with Gasteiger partial charge < -0.3 is 20.9 Å². The van der Waals surface area contributed by atoms with Crippen molar-refractivity contribution in [1.29, 1.82) is 0 Å². The van der Waals surface area contributed by atoms with Crippen LogP contribution in [-0.2, 0) is 6.54 Å². The number of guanidine groups is 1. The predicted octanol–water partition coefficient (Wildman–Crippen LogP) is 3.37. The Hall–Kier alpha value is -1.35. The normalized spacial score (nSPS) is 16.1. The first-order chi connectivity index (χ1) is 13.3. The van der Waals surface area contributed by atoms with E-state index in [-0.39, 0.29) is 35.4 Å². The number of hydrogen-bond acceptors (Lipinski definition) is 3. The molecule has 2 rings (SSSR count). The summed E-state index contributed by atoms with van der Waals surface area (Å²) in [6.45, 7) is 12.3. The molecular formula is C22H38IN5O. The van der Waals surface area contributed by atoms with Crippen LogP contribution >= 0.6 is 24.0 Å². The average molecular weight is 515 g/mol. The number of amides is 1. The van der Waals surface area contributed by atoms with Crippen LogP contribution in [0, 0.1) is 0 Å². The van der Waals surface area contributed by atoms with Crippen molar-refractivity contribution >= 4 is 35.8 Å². The Bertz CT molecular complexity index is 663. The quantitative estimate of drug-likeness (QED) is 0.309. The lowest BCUT2D eigenvalue weighted by molar-refractivity contribution is 0.0919. The number of nitrogens with one attached hydrogen (secondary N) is 3. The van der Waals surface area contributed by atoms with E-state index in [1.807, 2.05) is 45.0 Å². The number of likely N-dealkylation sites (tertiary alicyclic amines) is 1. The molecule has 1 aliphatic heterocycles. The van der Waals surface area contributed by atoms with Crippen molar-refractivity contribution in [3.05, 3.63) is 35.4 Å². The highest BCUT2D eigenvalue weighted by molar-refractivity contribution is 14.0. The van der Waals surface area contributed by atoms with E-state index in [1.54, 1.807) is 7.05 Å². The average Bonchev–Trinajstić information content (AvgIpc) is 2.65. The minimum absolute atomic E-state index is 0. The summed E-state index contributed by atoms with van der Waals surface area (Å²) in [5.74, 6) is 0.772. The van der Waals surface area contributed by atoms with Gasteiger partial charge in [-0.2, -0.15) is 0 Å². The zero-order valence-electron chi connectivity index (χ0n) is 18.5. The third-order valence-electron chi connectivity index (χ3n) is 4.83. The molecule has 0 spiro atoms. The largest absolute Gasteiger partial charge is 0.354 e. The van der Waals surface area contributed by atoms with Crippen LogP contribution in [0.2, 0.25) is 0 Å². The van der Waals surface area contributed by atoms with Crippen LogP contribution < -0.4 is 16.0 Å². The molecule has 3 N–H and O–H groups in total. The summed E-state index contributed by atoms with van der Waals surface area (Å²) >= 11 is 0. The van der Waals surface area contributed by atoms with Gasteiger partial charge in [0.25, 0.3) is 5.91 Å². The van der Waals surface area contributed by atoms with Gasteiger partial charge in [-0.05, 0) is 64.3 Å². The van der Waals surface area contributed by atoms with Gasteiger partial charge in [0.1, 0.15) is 0 Å². The van der Waals surface area contributed by atoms with E-state index in [9.17, 15) is 4.79 Å². The van der Waals surface area contributed by atoms with E-state index in [0.29, 0.717) is 18.2 Å². The number of rotatable bonds is 6. The maximum Gasteiger partial charge on any atom is 0.251 e. The molecule has 0 bridgehead atoms. The molecule has 1 saturated heterocycles. The van der Waals surface area contributed by atoms with E-state index in [4.69, 9.17) is 0 Å². The maximum atomic E-state index is 12.4. The standard InChI is InChI=1S/C22H37N5O.HI/c1-6-12-27-13-10-19(11-14-27)25-21(23-5)24-16-17-8-7-9-18(15-17)20(28)26-22(2,3)4;/h7-9,15,19H,6,10-14,16H2,1-5H3,(H,26,28)(H2,23,24,25);1H. The minimum Gasteiger partial charge on any atom is -0.354 e. The second-order valence-electron chi connectivity index (χ2n) is 8.59. The molecule has 0 aliphatic carbocycles. The van der Waals surface area contributed by atoms with E-state index in [0.717, 1.165) is 37.5 Å². The van der Waals surface area contributed by atoms with E-state index in [1.165, 1.54) is 13.0 Å². The van der Waals surface area contributed by atoms with Crippen LogP contribution in [0.3, 0.4) is 0 Å². The SMILES string of the molecule is CCCN1CCC(NC(=NC)NCc2cccc(C(=O)NC(C)(C)C)c2)CC1.I. The Balaban J connectivity index is 0.00000420. The number of piperidine rings is 1. The highest BCUT2D eigenvalue weighted by Gasteiger charge is 2.19. The zero-order valence-corrected chi connectivity index (χ0v) is 20.9. The molecule has 0 radical (unpaired) electrons. The fourth-order valence-corrected chi connectivity index (χ4v) is 3.43. The van der Waals surface area contributed by atoms with Gasteiger partial charge in [-0.3, -0.25) is 9.79 Å². The molecule has 1 aromatic carbocycles. The van der Waals surface area contributed by atoms with E-state index >= 15 is 0 Å². The number of nitrogens with zero attached hydrogens (tertiary/aromatic N) is 2. The third-order valence-corrected chi connectivity index (χ3v) is 4.83. The van der Waals surface area contributed by atoms with Crippen molar-refractivity contribution in [2.24, 2.45) is 4.99 Å². The number of benzene rings is 1. The first kappa shape index (κ1) is 25.7. The molecule has 1 fully saturated rings. The lowest BCUT2D eigenvalue weighted by atomic mass is 10.1. The summed E-state index contributed by atoms with van der Waals surface area (Å²) in [5, 5.41) is 9.92. The van der Waals surface area contributed by atoms with Gasteiger partial charge in [0.05, 0.1) is 0 Å². The van der Waals surface area contributed by atoms with E-state index in [2.05, 4.69) is 32.8 Å². The highest BCUT2D eigenvalue weighted by atomic mass is 127. The van der Waals surface area contributed by atoms with E-state index < -0.39 is 0 Å². The molecule has 1 aliphatic rings. The number of hydrogen-bond donors (Lipinski definition) is 3. The number of carbonyl (C=O) groups excluding carboxylic acids is 1. The summed E-state index contributed by atoms with van der Waals surface area (Å²) in [4.78, 5) is 19.3. The van der Waals surface area contributed by atoms with Gasteiger partial charge in [-0.15, -0.1) is 24.0 Å². The molecule has 1 amide bonds. The van der Waals surface area contributed by atoms with Gasteiger partial charge in [0.15, 0.2) is 5.96 Å². The van der Waals surface area contributed by atoms with Gasteiger partial charge in [0.2, 0.25) is 0 Å². The minimum atomic E-state index is -0.246. The molecule has 1 aromatic rings. The molecular weight excluding hydrogens is 477 g/mol. The lowest BCUT2D eigenvalue weighted by Crippen LogP contribution is -2.48. The van der Waals surface area contributed by atoms with Crippen LogP contribution in [0.25, 0.3) is 0 Å².